The van der Waals surface area contributed by atoms with Crippen LogP contribution in [0.15, 0.2) is 54.9 Å². The fraction of sp³-hybridized carbons (Fsp3) is 0.333. The van der Waals surface area contributed by atoms with Crippen molar-refractivity contribution in [3.63, 3.8) is 0 Å². The highest BCUT2D eigenvalue weighted by molar-refractivity contribution is 6.07. The number of ketones is 1. The minimum absolute atomic E-state index is 0.0568. The predicted octanol–water partition coefficient (Wildman–Crippen LogP) is 3.28. The van der Waals surface area contributed by atoms with Crippen molar-refractivity contribution in [3.05, 3.63) is 81.9 Å². The highest BCUT2D eigenvalue weighted by atomic mass is 16.6. The molecule has 2 aromatic carbocycles. The smallest absolute Gasteiger partial charge is 0.293 e. The van der Waals surface area contributed by atoms with Gasteiger partial charge >= 0.3 is 0 Å². The van der Waals surface area contributed by atoms with E-state index in [0.29, 0.717) is 18.8 Å². The third-order valence-corrected chi connectivity index (χ3v) is 5.95. The van der Waals surface area contributed by atoms with Gasteiger partial charge < -0.3 is 14.2 Å². The lowest BCUT2D eigenvalue weighted by molar-refractivity contribution is -0.384. The molecular formula is C24H27N5O4. The van der Waals surface area contributed by atoms with E-state index in [1.165, 1.54) is 17.8 Å². The first kappa shape index (κ1) is 22.5. The van der Waals surface area contributed by atoms with Crippen molar-refractivity contribution in [1.82, 2.24) is 14.5 Å². The Labute approximate surface area is 192 Å². The summed E-state index contributed by atoms with van der Waals surface area (Å²) in [4.78, 5) is 32.7. The minimum atomic E-state index is -0.412. The van der Waals surface area contributed by atoms with E-state index in [0.717, 1.165) is 31.8 Å². The average Bonchev–Trinajstić information content (AvgIpc) is 3.12. The zero-order chi connectivity index (χ0) is 23.4. The van der Waals surface area contributed by atoms with E-state index < -0.39 is 4.92 Å². The van der Waals surface area contributed by atoms with Gasteiger partial charge in [-0.3, -0.25) is 19.8 Å². The van der Waals surface area contributed by atoms with Gasteiger partial charge in [0.25, 0.3) is 5.69 Å². The summed E-state index contributed by atoms with van der Waals surface area (Å²) >= 11 is 0. The van der Waals surface area contributed by atoms with E-state index in [4.69, 9.17) is 4.74 Å². The molecule has 0 unspecified atom stereocenters. The summed E-state index contributed by atoms with van der Waals surface area (Å²) in [6.45, 7) is 3.90. The number of nitro groups is 1. The van der Waals surface area contributed by atoms with Gasteiger partial charge in [-0.2, -0.15) is 0 Å². The summed E-state index contributed by atoms with van der Waals surface area (Å²) in [5, 5.41) is 11.9. The van der Waals surface area contributed by atoms with Gasteiger partial charge in [-0.05, 0) is 36.2 Å². The Balaban J connectivity index is 1.49. The molecule has 172 valence electrons. The first-order valence-corrected chi connectivity index (χ1v) is 10.9. The number of rotatable bonds is 7. The number of aromatic nitrogens is 2. The Morgan fingerprint density at radius 1 is 1.12 bits per heavy atom. The standard InChI is InChI=1S/C24H27N5O4/c1-26-13-10-25-24(26)23(30)19-6-9-21(22(16-19)29(31)32)28-12-3-11-27(14-15-28)17-18-4-7-20(33-2)8-5-18/h4-10,13,16H,3,11-12,14-15,17H2,1-2H3. The van der Waals surface area contributed by atoms with E-state index in [1.807, 2.05) is 17.0 Å². The number of nitrogens with zero attached hydrogens (tertiary/aromatic N) is 5. The maximum atomic E-state index is 12.8. The average molecular weight is 450 g/mol. The molecule has 1 saturated heterocycles. The normalized spacial score (nSPS) is 14.7. The van der Waals surface area contributed by atoms with Crippen molar-refractivity contribution in [2.24, 2.45) is 7.05 Å². The van der Waals surface area contributed by atoms with Gasteiger partial charge in [-0.1, -0.05) is 12.1 Å². The molecule has 4 rings (SSSR count). The maximum Gasteiger partial charge on any atom is 0.293 e. The Morgan fingerprint density at radius 2 is 1.91 bits per heavy atom. The number of nitro benzene ring substituents is 1. The molecular weight excluding hydrogens is 422 g/mol. The van der Waals surface area contributed by atoms with Gasteiger partial charge in [0.2, 0.25) is 5.78 Å². The topological polar surface area (TPSA) is 93.7 Å². The minimum Gasteiger partial charge on any atom is -0.497 e. The molecule has 0 amide bonds. The second-order valence-electron chi connectivity index (χ2n) is 8.12. The lowest BCUT2D eigenvalue weighted by atomic mass is 10.1. The first-order chi connectivity index (χ1) is 16.0. The Kier molecular flexibility index (Phi) is 6.69. The van der Waals surface area contributed by atoms with Crippen LogP contribution in [0.1, 0.15) is 28.2 Å². The van der Waals surface area contributed by atoms with Crippen molar-refractivity contribution in [3.8, 4) is 5.75 Å². The van der Waals surface area contributed by atoms with Gasteiger partial charge in [-0.25, -0.2) is 4.98 Å². The van der Waals surface area contributed by atoms with Crippen LogP contribution in [0.4, 0.5) is 11.4 Å². The van der Waals surface area contributed by atoms with E-state index in [-0.39, 0.29) is 22.9 Å². The van der Waals surface area contributed by atoms with Crippen LogP contribution in [-0.4, -0.2) is 58.4 Å². The third-order valence-electron chi connectivity index (χ3n) is 5.95. The number of imidazole rings is 1. The number of carbonyl (C=O) groups is 1. The number of anilines is 1. The number of methoxy groups -OCH3 is 1. The second-order valence-corrected chi connectivity index (χ2v) is 8.12. The molecule has 1 fully saturated rings. The van der Waals surface area contributed by atoms with E-state index in [2.05, 4.69) is 22.0 Å². The maximum absolute atomic E-state index is 12.8. The molecule has 0 atom stereocenters. The van der Waals surface area contributed by atoms with Crippen molar-refractivity contribution >= 4 is 17.2 Å². The van der Waals surface area contributed by atoms with Crippen LogP contribution in [0.5, 0.6) is 5.75 Å². The van der Waals surface area contributed by atoms with Crippen molar-refractivity contribution in [1.29, 1.82) is 0 Å². The SMILES string of the molecule is COc1ccc(CN2CCCN(c3ccc(C(=O)c4nccn4C)cc3[N+](=O)[O-])CC2)cc1. The number of aryl methyl sites for hydroxylation is 1. The number of hydrogen-bond donors (Lipinski definition) is 0. The highest BCUT2D eigenvalue weighted by Crippen LogP contribution is 2.31. The fourth-order valence-electron chi connectivity index (χ4n) is 4.15. The Morgan fingerprint density at radius 3 is 2.58 bits per heavy atom. The van der Waals surface area contributed by atoms with Gasteiger partial charge in [0, 0.05) is 63.8 Å². The van der Waals surface area contributed by atoms with Crippen LogP contribution in [-0.2, 0) is 13.6 Å². The number of carbonyl (C=O) groups excluding carboxylic acids is 1. The van der Waals surface area contributed by atoms with Crippen LogP contribution in [0.2, 0.25) is 0 Å². The van der Waals surface area contributed by atoms with Crippen LogP contribution < -0.4 is 9.64 Å². The van der Waals surface area contributed by atoms with E-state index in [1.54, 1.807) is 37.1 Å². The van der Waals surface area contributed by atoms with Crippen molar-refractivity contribution in [2.75, 3.05) is 38.2 Å². The molecule has 9 nitrogen and oxygen atoms in total. The number of hydrogen-bond acceptors (Lipinski definition) is 7. The van der Waals surface area contributed by atoms with Crippen LogP contribution >= 0.6 is 0 Å². The lowest BCUT2D eigenvalue weighted by Crippen LogP contribution is -2.30. The van der Waals surface area contributed by atoms with Gasteiger partial charge in [0.05, 0.1) is 12.0 Å². The number of ether oxygens (including phenoxy) is 1. The van der Waals surface area contributed by atoms with Gasteiger partial charge in [0.15, 0.2) is 5.82 Å². The summed E-state index contributed by atoms with van der Waals surface area (Å²) in [7, 11) is 3.37. The Hall–Kier alpha value is -3.72. The fourth-order valence-corrected chi connectivity index (χ4v) is 4.15. The monoisotopic (exact) mass is 449 g/mol. The summed E-state index contributed by atoms with van der Waals surface area (Å²) in [6.07, 6.45) is 4.09. The predicted molar refractivity (Wildman–Crippen MR) is 125 cm³/mol. The molecule has 2 heterocycles. The zero-order valence-electron chi connectivity index (χ0n) is 18.8. The van der Waals surface area contributed by atoms with Gasteiger partial charge in [-0.15, -0.1) is 0 Å². The molecule has 33 heavy (non-hydrogen) atoms. The summed E-state index contributed by atoms with van der Waals surface area (Å²) in [6, 6.07) is 12.7. The van der Waals surface area contributed by atoms with Crippen LogP contribution in [0.25, 0.3) is 0 Å². The molecule has 1 aliphatic rings. The van der Waals surface area contributed by atoms with Gasteiger partial charge in [0.1, 0.15) is 11.4 Å². The Bertz CT molecular complexity index is 1140. The molecule has 1 aliphatic heterocycles. The quantitative estimate of drug-likeness (QED) is 0.310. The first-order valence-electron chi connectivity index (χ1n) is 10.9. The van der Waals surface area contributed by atoms with Crippen molar-refractivity contribution < 1.29 is 14.5 Å². The molecule has 1 aromatic heterocycles. The van der Waals surface area contributed by atoms with Crippen LogP contribution in [0, 0.1) is 10.1 Å². The molecule has 0 aliphatic carbocycles. The van der Waals surface area contributed by atoms with Crippen molar-refractivity contribution in [2.45, 2.75) is 13.0 Å². The van der Waals surface area contributed by atoms with E-state index >= 15 is 0 Å². The molecule has 0 radical (unpaired) electrons. The molecule has 3 aromatic rings. The largest absolute Gasteiger partial charge is 0.497 e. The molecule has 0 saturated carbocycles. The molecule has 0 bridgehead atoms. The second kappa shape index (κ2) is 9.83. The molecule has 0 spiro atoms. The van der Waals surface area contributed by atoms with Crippen LogP contribution in [0.3, 0.4) is 0 Å². The molecule has 0 N–H and O–H groups in total. The summed E-state index contributed by atoms with van der Waals surface area (Å²) < 4.78 is 6.83. The zero-order valence-corrected chi connectivity index (χ0v) is 18.8. The summed E-state index contributed by atoms with van der Waals surface area (Å²) in [5.41, 5.74) is 1.95. The number of benzene rings is 2. The highest BCUT2D eigenvalue weighted by Gasteiger charge is 2.25. The lowest BCUT2D eigenvalue weighted by Gasteiger charge is -2.23. The molecule has 9 heteroatoms. The van der Waals surface area contributed by atoms with E-state index in [9.17, 15) is 14.9 Å². The summed E-state index contributed by atoms with van der Waals surface area (Å²) in [5.74, 6) is 0.748. The third kappa shape index (κ3) is 5.04.